The van der Waals surface area contributed by atoms with Crippen LogP contribution in [0.2, 0.25) is 0 Å². The van der Waals surface area contributed by atoms with Gasteiger partial charge in [-0.2, -0.15) is 0 Å². The minimum atomic E-state index is -1.81. The number of amides is 1. The molecular formula is C17H16N2O3. The Labute approximate surface area is 128 Å². The van der Waals surface area contributed by atoms with Crippen molar-refractivity contribution in [3.8, 4) is 0 Å². The van der Waals surface area contributed by atoms with E-state index in [9.17, 15) is 14.7 Å². The molecule has 1 atom stereocenters. The SMILES string of the molecule is CCN1C(=O)[C@@](O)(CC(=O)c2cccnc2)c2ccccc21. The van der Waals surface area contributed by atoms with Gasteiger partial charge in [-0.1, -0.05) is 18.2 Å². The number of rotatable bonds is 4. The molecule has 0 unspecified atom stereocenters. The van der Waals surface area contributed by atoms with Crippen LogP contribution in [0.1, 0.15) is 29.3 Å². The number of likely N-dealkylation sites (N-methyl/N-ethyl adjacent to an activating group) is 1. The Morgan fingerprint density at radius 2 is 2.05 bits per heavy atom. The highest BCUT2D eigenvalue weighted by Crippen LogP contribution is 2.42. The van der Waals surface area contributed by atoms with Crippen LogP contribution in [-0.4, -0.2) is 28.3 Å². The molecule has 1 aromatic carbocycles. The van der Waals surface area contributed by atoms with Crippen LogP contribution in [0.25, 0.3) is 0 Å². The summed E-state index contributed by atoms with van der Waals surface area (Å²) in [6, 6.07) is 10.3. The van der Waals surface area contributed by atoms with E-state index < -0.39 is 11.5 Å². The number of pyridine rings is 1. The normalized spacial score (nSPS) is 20.1. The van der Waals surface area contributed by atoms with Crippen LogP contribution in [-0.2, 0) is 10.4 Å². The van der Waals surface area contributed by atoms with E-state index >= 15 is 0 Å². The number of para-hydroxylation sites is 1. The van der Waals surface area contributed by atoms with Crippen molar-refractivity contribution in [2.45, 2.75) is 18.9 Å². The lowest BCUT2D eigenvalue weighted by molar-refractivity contribution is -0.135. The van der Waals surface area contributed by atoms with Crippen molar-refractivity contribution < 1.29 is 14.7 Å². The number of Topliss-reactive ketones (excluding diaryl/α,β-unsaturated/α-hetero) is 1. The topological polar surface area (TPSA) is 70.5 Å². The highest BCUT2D eigenvalue weighted by atomic mass is 16.3. The third kappa shape index (κ3) is 2.10. The molecule has 0 fully saturated rings. The highest BCUT2D eigenvalue weighted by Gasteiger charge is 2.50. The quantitative estimate of drug-likeness (QED) is 0.875. The zero-order valence-corrected chi connectivity index (χ0v) is 12.2. The molecule has 1 aliphatic heterocycles. The lowest BCUT2D eigenvalue weighted by atomic mass is 9.88. The van der Waals surface area contributed by atoms with E-state index in [2.05, 4.69) is 4.98 Å². The van der Waals surface area contributed by atoms with E-state index in [1.54, 1.807) is 36.5 Å². The summed E-state index contributed by atoms with van der Waals surface area (Å²) in [6.07, 6.45) is 2.72. The molecular weight excluding hydrogens is 280 g/mol. The smallest absolute Gasteiger partial charge is 0.264 e. The van der Waals surface area contributed by atoms with E-state index in [4.69, 9.17) is 0 Å². The third-order valence-electron chi connectivity index (χ3n) is 3.96. The molecule has 3 rings (SSSR count). The Morgan fingerprint density at radius 3 is 2.73 bits per heavy atom. The molecule has 1 aromatic heterocycles. The number of hydrogen-bond donors (Lipinski definition) is 1. The molecule has 0 spiro atoms. The molecule has 1 N–H and O–H groups in total. The van der Waals surface area contributed by atoms with Crippen molar-refractivity contribution in [1.82, 2.24) is 4.98 Å². The van der Waals surface area contributed by atoms with E-state index in [1.165, 1.54) is 11.1 Å². The fourth-order valence-electron chi connectivity index (χ4n) is 2.85. The number of fused-ring (bicyclic) bond motifs is 1. The van der Waals surface area contributed by atoms with Crippen LogP contribution >= 0.6 is 0 Å². The predicted octanol–water partition coefficient (Wildman–Crippen LogP) is 1.91. The van der Waals surface area contributed by atoms with Gasteiger partial charge in [0, 0.05) is 30.1 Å². The van der Waals surface area contributed by atoms with Crippen molar-refractivity contribution >= 4 is 17.4 Å². The average Bonchev–Trinajstić information content (AvgIpc) is 2.76. The average molecular weight is 296 g/mol. The highest BCUT2D eigenvalue weighted by molar-refractivity contribution is 6.10. The van der Waals surface area contributed by atoms with Gasteiger partial charge < -0.3 is 10.0 Å². The van der Waals surface area contributed by atoms with Crippen molar-refractivity contribution in [3.05, 3.63) is 59.9 Å². The number of aromatic nitrogens is 1. The van der Waals surface area contributed by atoms with Gasteiger partial charge in [0.1, 0.15) is 0 Å². The first-order chi connectivity index (χ1) is 10.6. The first-order valence-corrected chi connectivity index (χ1v) is 7.15. The molecule has 2 aromatic rings. The van der Waals surface area contributed by atoms with Gasteiger partial charge in [0.25, 0.3) is 5.91 Å². The largest absolute Gasteiger partial charge is 0.375 e. The van der Waals surface area contributed by atoms with Gasteiger partial charge in [-0.15, -0.1) is 0 Å². The third-order valence-corrected chi connectivity index (χ3v) is 3.96. The summed E-state index contributed by atoms with van der Waals surface area (Å²) >= 11 is 0. The fraction of sp³-hybridized carbons (Fsp3) is 0.235. The molecule has 1 amide bonds. The van der Waals surface area contributed by atoms with E-state index in [0.29, 0.717) is 23.4 Å². The molecule has 1 aliphatic rings. The maximum Gasteiger partial charge on any atom is 0.264 e. The van der Waals surface area contributed by atoms with Gasteiger partial charge in [0.05, 0.1) is 12.1 Å². The molecule has 0 saturated heterocycles. The maximum atomic E-state index is 12.6. The first-order valence-electron chi connectivity index (χ1n) is 7.15. The van der Waals surface area contributed by atoms with Crippen LogP contribution in [0.15, 0.2) is 48.8 Å². The zero-order chi connectivity index (χ0) is 15.7. The molecule has 2 heterocycles. The Bertz CT molecular complexity index is 730. The zero-order valence-electron chi connectivity index (χ0n) is 12.2. The molecule has 5 heteroatoms. The van der Waals surface area contributed by atoms with Crippen LogP contribution in [0.4, 0.5) is 5.69 Å². The van der Waals surface area contributed by atoms with Crippen molar-refractivity contribution in [3.63, 3.8) is 0 Å². The maximum absolute atomic E-state index is 12.6. The summed E-state index contributed by atoms with van der Waals surface area (Å²) in [6.45, 7) is 2.28. The second-order valence-electron chi connectivity index (χ2n) is 5.27. The van der Waals surface area contributed by atoms with Crippen LogP contribution in [0, 0.1) is 0 Å². The minimum Gasteiger partial charge on any atom is -0.375 e. The number of nitrogens with zero attached hydrogens (tertiary/aromatic N) is 2. The molecule has 0 aliphatic carbocycles. The van der Waals surface area contributed by atoms with Crippen LogP contribution in [0.3, 0.4) is 0 Å². The fourth-order valence-corrected chi connectivity index (χ4v) is 2.85. The number of anilines is 1. The number of aliphatic hydroxyl groups is 1. The summed E-state index contributed by atoms with van der Waals surface area (Å²) in [5.74, 6) is -0.759. The number of carbonyl (C=O) groups is 2. The van der Waals surface area contributed by atoms with E-state index in [-0.39, 0.29) is 12.2 Å². The van der Waals surface area contributed by atoms with Gasteiger partial charge >= 0.3 is 0 Å². The number of carbonyl (C=O) groups excluding carboxylic acids is 2. The van der Waals surface area contributed by atoms with Gasteiger partial charge in [0.15, 0.2) is 11.4 Å². The lowest BCUT2D eigenvalue weighted by Crippen LogP contribution is -2.41. The molecule has 112 valence electrons. The summed E-state index contributed by atoms with van der Waals surface area (Å²) in [5.41, 5.74) is -0.272. The first kappa shape index (κ1) is 14.4. The Balaban J connectivity index is 1.99. The molecule has 0 saturated carbocycles. The second kappa shape index (κ2) is 5.35. The standard InChI is InChI=1S/C17H16N2O3/c1-2-19-14-8-4-3-7-13(14)17(22,16(19)21)10-15(20)12-6-5-9-18-11-12/h3-9,11,22H,2,10H2,1H3/t17-/m1/s1. The molecule has 0 bridgehead atoms. The van der Waals surface area contributed by atoms with E-state index in [1.807, 2.05) is 13.0 Å². The van der Waals surface area contributed by atoms with Crippen LogP contribution in [0.5, 0.6) is 0 Å². The monoisotopic (exact) mass is 296 g/mol. The number of ketones is 1. The molecule has 22 heavy (non-hydrogen) atoms. The minimum absolute atomic E-state index is 0.287. The molecule has 5 nitrogen and oxygen atoms in total. The number of hydrogen-bond acceptors (Lipinski definition) is 4. The summed E-state index contributed by atoms with van der Waals surface area (Å²) in [5, 5.41) is 10.9. The summed E-state index contributed by atoms with van der Waals surface area (Å²) in [7, 11) is 0. The predicted molar refractivity (Wildman–Crippen MR) is 81.6 cm³/mol. The van der Waals surface area contributed by atoms with Gasteiger partial charge in [0.2, 0.25) is 0 Å². The Morgan fingerprint density at radius 1 is 1.27 bits per heavy atom. The number of benzene rings is 1. The summed E-state index contributed by atoms with van der Waals surface area (Å²) < 4.78 is 0. The van der Waals surface area contributed by atoms with Crippen molar-refractivity contribution in [2.75, 3.05) is 11.4 Å². The van der Waals surface area contributed by atoms with Gasteiger partial charge in [-0.3, -0.25) is 14.6 Å². The van der Waals surface area contributed by atoms with Gasteiger partial charge in [-0.25, -0.2) is 0 Å². The lowest BCUT2D eigenvalue weighted by Gasteiger charge is -2.22. The van der Waals surface area contributed by atoms with Gasteiger partial charge in [-0.05, 0) is 25.1 Å². The van der Waals surface area contributed by atoms with Crippen molar-refractivity contribution in [2.24, 2.45) is 0 Å². The molecule has 0 radical (unpaired) electrons. The van der Waals surface area contributed by atoms with Crippen molar-refractivity contribution in [1.29, 1.82) is 0 Å². The Kier molecular flexibility index (Phi) is 3.50. The summed E-state index contributed by atoms with van der Waals surface area (Å²) in [4.78, 5) is 30.4. The van der Waals surface area contributed by atoms with E-state index in [0.717, 1.165) is 0 Å². The Hall–Kier alpha value is -2.53. The second-order valence-corrected chi connectivity index (χ2v) is 5.27. The van der Waals surface area contributed by atoms with Crippen LogP contribution < -0.4 is 4.90 Å².